The number of hydrogen-bond donors (Lipinski definition) is 2. The number of ether oxygens (including phenoxy) is 3. The number of carbonyl (C=O) groups excluding carboxylic acids is 1. The summed E-state index contributed by atoms with van der Waals surface area (Å²) in [5.41, 5.74) is 1.25. The SMILES string of the molecule is CCCCCCOc1ccc(C(=O)NC(=S)NCc2cc(OC)c(OC)cc2Cl)cc1. The van der Waals surface area contributed by atoms with Gasteiger partial charge >= 0.3 is 0 Å². The van der Waals surface area contributed by atoms with Gasteiger partial charge in [-0.25, -0.2) is 0 Å². The molecule has 0 spiro atoms. The van der Waals surface area contributed by atoms with Gasteiger partial charge in [0, 0.05) is 23.2 Å². The molecule has 31 heavy (non-hydrogen) atoms. The monoisotopic (exact) mass is 464 g/mol. The van der Waals surface area contributed by atoms with Crippen LogP contribution in [0.25, 0.3) is 0 Å². The van der Waals surface area contributed by atoms with E-state index in [-0.39, 0.29) is 11.0 Å². The van der Waals surface area contributed by atoms with E-state index in [1.807, 2.05) is 0 Å². The van der Waals surface area contributed by atoms with Gasteiger partial charge in [0.2, 0.25) is 0 Å². The Bertz CT molecular complexity index is 875. The van der Waals surface area contributed by atoms with E-state index >= 15 is 0 Å². The molecule has 2 aromatic rings. The molecule has 0 aliphatic heterocycles. The maximum absolute atomic E-state index is 12.4. The fraction of sp³-hybridized carbons (Fsp3) is 0.391. The Hall–Kier alpha value is -2.51. The molecule has 0 atom stereocenters. The molecule has 2 rings (SSSR count). The molecule has 0 heterocycles. The lowest BCUT2D eigenvalue weighted by molar-refractivity contribution is 0.0976. The molecule has 168 valence electrons. The molecule has 0 fully saturated rings. The van der Waals surface area contributed by atoms with Crippen LogP contribution in [0.1, 0.15) is 48.5 Å². The van der Waals surface area contributed by atoms with Crippen molar-refractivity contribution in [2.75, 3.05) is 20.8 Å². The number of methoxy groups -OCH3 is 2. The number of unbranched alkanes of at least 4 members (excludes halogenated alkanes) is 3. The van der Waals surface area contributed by atoms with E-state index in [0.29, 0.717) is 35.2 Å². The highest BCUT2D eigenvalue weighted by Crippen LogP contribution is 2.32. The van der Waals surface area contributed by atoms with E-state index < -0.39 is 0 Å². The Labute approximate surface area is 194 Å². The van der Waals surface area contributed by atoms with Crippen molar-refractivity contribution in [3.8, 4) is 17.2 Å². The van der Waals surface area contributed by atoms with Crippen molar-refractivity contribution >= 4 is 34.8 Å². The molecule has 0 unspecified atom stereocenters. The van der Waals surface area contributed by atoms with Crippen LogP contribution in [0.3, 0.4) is 0 Å². The molecule has 0 aliphatic carbocycles. The van der Waals surface area contributed by atoms with E-state index in [4.69, 9.17) is 38.0 Å². The summed E-state index contributed by atoms with van der Waals surface area (Å²) in [5, 5.41) is 6.35. The average molecular weight is 465 g/mol. The predicted molar refractivity (Wildman–Crippen MR) is 128 cm³/mol. The molecule has 0 saturated heterocycles. The number of benzene rings is 2. The second-order valence-electron chi connectivity index (χ2n) is 6.87. The number of amides is 1. The standard InChI is InChI=1S/C23H29ClN2O4S/c1-4-5-6-7-12-30-18-10-8-16(9-11-18)22(27)26-23(31)25-15-17-13-20(28-2)21(29-3)14-19(17)24/h8-11,13-14H,4-7,12,15H2,1-3H3,(H2,25,26,27,31). The van der Waals surface area contributed by atoms with Crippen molar-refractivity contribution in [2.45, 2.75) is 39.2 Å². The van der Waals surface area contributed by atoms with Crippen LogP contribution in [0.2, 0.25) is 5.02 Å². The van der Waals surface area contributed by atoms with E-state index in [2.05, 4.69) is 17.6 Å². The number of nitrogens with one attached hydrogen (secondary N) is 2. The lowest BCUT2D eigenvalue weighted by atomic mass is 10.2. The van der Waals surface area contributed by atoms with Crippen LogP contribution in [-0.4, -0.2) is 31.8 Å². The van der Waals surface area contributed by atoms with Crippen LogP contribution in [-0.2, 0) is 6.54 Å². The zero-order chi connectivity index (χ0) is 22.6. The minimum atomic E-state index is -0.301. The summed E-state index contributed by atoms with van der Waals surface area (Å²) in [6.07, 6.45) is 4.60. The third-order valence-electron chi connectivity index (χ3n) is 4.60. The van der Waals surface area contributed by atoms with Gasteiger partial charge in [0.15, 0.2) is 16.6 Å². The van der Waals surface area contributed by atoms with E-state index in [0.717, 1.165) is 24.2 Å². The summed E-state index contributed by atoms with van der Waals surface area (Å²) >= 11 is 11.5. The lowest BCUT2D eigenvalue weighted by Crippen LogP contribution is -2.38. The first-order chi connectivity index (χ1) is 15.0. The highest BCUT2D eigenvalue weighted by Gasteiger charge is 2.12. The molecule has 6 nitrogen and oxygen atoms in total. The van der Waals surface area contributed by atoms with Gasteiger partial charge in [0.25, 0.3) is 5.91 Å². The van der Waals surface area contributed by atoms with Gasteiger partial charge in [0.05, 0.1) is 20.8 Å². The Morgan fingerprint density at radius 1 is 1.03 bits per heavy atom. The maximum atomic E-state index is 12.4. The highest BCUT2D eigenvalue weighted by molar-refractivity contribution is 7.80. The molecule has 1 amide bonds. The number of halogens is 1. The topological polar surface area (TPSA) is 68.8 Å². The molecule has 8 heteroatoms. The Morgan fingerprint density at radius 3 is 2.35 bits per heavy atom. The van der Waals surface area contributed by atoms with Crippen molar-refractivity contribution in [3.05, 3.63) is 52.5 Å². The smallest absolute Gasteiger partial charge is 0.257 e. The van der Waals surface area contributed by atoms with Crippen LogP contribution < -0.4 is 24.8 Å². The molecule has 2 aromatic carbocycles. The molecule has 2 N–H and O–H groups in total. The first-order valence-electron chi connectivity index (χ1n) is 10.2. The van der Waals surface area contributed by atoms with Crippen molar-refractivity contribution in [1.29, 1.82) is 0 Å². The third kappa shape index (κ3) is 7.92. The Morgan fingerprint density at radius 2 is 1.71 bits per heavy atom. The van der Waals surface area contributed by atoms with Crippen LogP contribution >= 0.6 is 23.8 Å². The van der Waals surface area contributed by atoms with Gasteiger partial charge in [0.1, 0.15) is 5.75 Å². The predicted octanol–water partition coefficient (Wildman–Crippen LogP) is 5.12. The molecule has 0 radical (unpaired) electrons. The zero-order valence-corrected chi connectivity index (χ0v) is 19.7. The Balaban J connectivity index is 1.84. The van der Waals surface area contributed by atoms with Crippen molar-refractivity contribution in [2.24, 2.45) is 0 Å². The van der Waals surface area contributed by atoms with E-state index in [1.165, 1.54) is 12.8 Å². The minimum absolute atomic E-state index is 0.201. The van der Waals surface area contributed by atoms with Crippen LogP contribution in [0.5, 0.6) is 17.2 Å². The fourth-order valence-corrected chi connectivity index (χ4v) is 3.23. The molecular formula is C23H29ClN2O4S. The normalized spacial score (nSPS) is 10.3. The number of carbonyl (C=O) groups is 1. The van der Waals surface area contributed by atoms with Gasteiger partial charge in [-0.05, 0) is 54.5 Å². The van der Waals surface area contributed by atoms with Crippen molar-refractivity contribution in [3.63, 3.8) is 0 Å². The number of hydrogen-bond acceptors (Lipinski definition) is 5. The lowest BCUT2D eigenvalue weighted by Gasteiger charge is -2.14. The van der Waals surface area contributed by atoms with Gasteiger partial charge in [-0.3, -0.25) is 10.1 Å². The zero-order valence-electron chi connectivity index (χ0n) is 18.1. The average Bonchev–Trinajstić information content (AvgIpc) is 2.78. The Kier molecular flexibility index (Phi) is 10.4. The summed E-state index contributed by atoms with van der Waals surface area (Å²) in [6.45, 7) is 3.18. The second-order valence-corrected chi connectivity index (χ2v) is 7.68. The van der Waals surface area contributed by atoms with Gasteiger partial charge in [-0.2, -0.15) is 0 Å². The van der Waals surface area contributed by atoms with Crippen LogP contribution in [0, 0.1) is 0 Å². The summed E-state index contributed by atoms with van der Waals surface area (Å²) in [4.78, 5) is 12.4. The molecule has 0 aromatic heterocycles. The first-order valence-corrected chi connectivity index (χ1v) is 11.0. The highest BCUT2D eigenvalue weighted by atomic mass is 35.5. The van der Waals surface area contributed by atoms with Crippen molar-refractivity contribution in [1.82, 2.24) is 10.6 Å². The van der Waals surface area contributed by atoms with Gasteiger partial charge in [-0.15, -0.1) is 0 Å². The molecular weight excluding hydrogens is 436 g/mol. The van der Waals surface area contributed by atoms with Gasteiger partial charge in [-0.1, -0.05) is 37.8 Å². The quantitative estimate of drug-likeness (QED) is 0.355. The molecule has 0 bridgehead atoms. The third-order valence-corrected chi connectivity index (χ3v) is 5.20. The van der Waals surface area contributed by atoms with Crippen molar-refractivity contribution < 1.29 is 19.0 Å². The number of rotatable bonds is 11. The van der Waals surface area contributed by atoms with Gasteiger partial charge < -0.3 is 19.5 Å². The maximum Gasteiger partial charge on any atom is 0.257 e. The minimum Gasteiger partial charge on any atom is -0.494 e. The molecule has 0 aliphatic rings. The van der Waals surface area contributed by atoms with Crippen LogP contribution in [0.4, 0.5) is 0 Å². The largest absolute Gasteiger partial charge is 0.494 e. The summed E-state index contributed by atoms with van der Waals surface area (Å²) in [5.74, 6) is 1.55. The van der Waals surface area contributed by atoms with E-state index in [1.54, 1.807) is 50.6 Å². The summed E-state index contributed by atoms with van der Waals surface area (Å²) < 4.78 is 16.2. The summed E-state index contributed by atoms with van der Waals surface area (Å²) in [6, 6.07) is 10.4. The van der Waals surface area contributed by atoms with E-state index in [9.17, 15) is 4.79 Å². The number of thiocarbonyl (C=S) groups is 1. The summed E-state index contributed by atoms with van der Waals surface area (Å²) in [7, 11) is 3.10. The molecule has 0 saturated carbocycles. The fourth-order valence-electron chi connectivity index (χ4n) is 2.85. The second kappa shape index (κ2) is 13.0. The van der Waals surface area contributed by atoms with Crippen LogP contribution in [0.15, 0.2) is 36.4 Å². The first kappa shape index (κ1) is 24.8.